The average molecular weight is 274 g/mol. The van der Waals surface area contributed by atoms with Crippen LogP contribution in [0.15, 0.2) is 27.8 Å². The number of H-pyrrole nitrogens is 1. The minimum absolute atomic E-state index is 0.0465. The van der Waals surface area contributed by atoms with E-state index in [9.17, 15) is 14.4 Å². The van der Waals surface area contributed by atoms with Gasteiger partial charge in [-0.05, 0) is 31.0 Å². The molecule has 0 bridgehead atoms. The third-order valence-electron chi connectivity index (χ3n) is 3.87. The monoisotopic (exact) mass is 274 g/mol. The summed E-state index contributed by atoms with van der Waals surface area (Å²) in [4.78, 5) is 38.0. The highest BCUT2D eigenvalue weighted by Gasteiger charge is 2.21. The van der Waals surface area contributed by atoms with Crippen LogP contribution in [0.3, 0.4) is 0 Å². The predicted octanol–water partition coefficient (Wildman–Crippen LogP) is 1.50. The van der Waals surface area contributed by atoms with Gasteiger partial charge in [0.2, 0.25) is 0 Å². The zero-order chi connectivity index (χ0) is 14.3. The summed E-state index contributed by atoms with van der Waals surface area (Å²) in [6.45, 7) is 0. The Morgan fingerprint density at radius 2 is 1.95 bits per heavy atom. The Labute approximate surface area is 113 Å². The lowest BCUT2D eigenvalue weighted by molar-refractivity contribution is 0.0697. The van der Waals surface area contributed by atoms with Crippen molar-refractivity contribution in [3.05, 3.63) is 44.6 Å². The molecule has 0 radical (unpaired) electrons. The van der Waals surface area contributed by atoms with Gasteiger partial charge in [0.1, 0.15) is 0 Å². The van der Waals surface area contributed by atoms with Crippen LogP contribution in [-0.2, 0) is 0 Å². The number of aromatic nitrogens is 2. The number of carboxylic acids is 1. The summed E-state index contributed by atoms with van der Waals surface area (Å²) >= 11 is 0. The van der Waals surface area contributed by atoms with Crippen LogP contribution in [0.25, 0.3) is 10.9 Å². The second-order valence-electron chi connectivity index (χ2n) is 5.11. The molecule has 1 aromatic heterocycles. The second kappa shape index (κ2) is 4.63. The van der Waals surface area contributed by atoms with E-state index >= 15 is 0 Å². The molecule has 0 amide bonds. The first-order valence-corrected chi connectivity index (χ1v) is 6.60. The Morgan fingerprint density at radius 3 is 2.60 bits per heavy atom. The fourth-order valence-electron chi connectivity index (χ4n) is 2.86. The number of rotatable bonds is 2. The lowest BCUT2D eigenvalue weighted by Gasteiger charge is -2.12. The molecule has 20 heavy (non-hydrogen) atoms. The van der Waals surface area contributed by atoms with Crippen molar-refractivity contribution < 1.29 is 9.90 Å². The van der Waals surface area contributed by atoms with Crippen LogP contribution in [0.5, 0.6) is 0 Å². The molecular weight excluding hydrogens is 260 g/mol. The minimum Gasteiger partial charge on any atom is -0.478 e. The number of carboxylic acid groups (broad SMARTS) is 1. The molecule has 0 unspecified atom stereocenters. The predicted molar refractivity (Wildman–Crippen MR) is 73.3 cm³/mol. The Bertz CT molecular complexity index is 797. The SMILES string of the molecule is O=C(O)c1ccc2c(=O)n(C3CCCC3)c(=O)[nH]c2c1. The van der Waals surface area contributed by atoms with Crippen LogP contribution < -0.4 is 11.2 Å². The summed E-state index contributed by atoms with van der Waals surface area (Å²) in [7, 11) is 0. The smallest absolute Gasteiger partial charge is 0.335 e. The molecule has 6 heteroatoms. The molecule has 6 nitrogen and oxygen atoms in total. The molecular formula is C14H14N2O4. The summed E-state index contributed by atoms with van der Waals surface area (Å²) in [6, 6.07) is 4.11. The highest BCUT2D eigenvalue weighted by atomic mass is 16.4. The van der Waals surface area contributed by atoms with Crippen molar-refractivity contribution in [3.8, 4) is 0 Å². The van der Waals surface area contributed by atoms with Crippen molar-refractivity contribution in [2.24, 2.45) is 0 Å². The number of aromatic amines is 1. The van der Waals surface area contributed by atoms with E-state index in [2.05, 4.69) is 4.98 Å². The molecule has 1 saturated carbocycles. The fraction of sp³-hybridized carbons (Fsp3) is 0.357. The Balaban J connectivity index is 2.25. The van der Waals surface area contributed by atoms with Gasteiger partial charge >= 0.3 is 11.7 Å². The van der Waals surface area contributed by atoms with Gasteiger partial charge in [-0.2, -0.15) is 0 Å². The molecule has 0 aliphatic heterocycles. The van der Waals surface area contributed by atoms with Crippen molar-refractivity contribution in [1.29, 1.82) is 0 Å². The summed E-state index contributed by atoms with van der Waals surface area (Å²) in [5, 5.41) is 9.28. The van der Waals surface area contributed by atoms with Crippen LogP contribution in [0.4, 0.5) is 0 Å². The topological polar surface area (TPSA) is 92.2 Å². The number of hydrogen-bond acceptors (Lipinski definition) is 3. The van der Waals surface area contributed by atoms with Crippen LogP contribution in [0.1, 0.15) is 42.1 Å². The van der Waals surface area contributed by atoms with Gasteiger partial charge in [-0.25, -0.2) is 9.59 Å². The van der Waals surface area contributed by atoms with Crippen molar-refractivity contribution in [3.63, 3.8) is 0 Å². The summed E-state index contributed by atoms with van der Waals surface area (Å²) in [5.41, 5.74) is -0.482. The van der Waals surface area contributed by atoms with Gasteiger partial charge in [-0.15, -0.1) is 0 Å². The van der Waals surface area contributed by atoms with Crippen molar-refractivity contribution in [2.75, 3.05) is 0 Å². The fourth-order valence-corrected chi connectivity index (χ4v) is 2.86. The van der Waals surface area contributed by atoms with E-state index in [1.165, 1.54) is 22.8 Å². The van der Waals surface area contributed by atoms with Gasteiger partial charge in [-0.1, -0.05) is 12.8 Å². The van der Waals surface area contributed by atoms with E-state index in [1.54, 1.807) is 0 Å². The standard InChI is InChI=1S/C14H14N2O4/c17-12-10-6-5-8(13(18)19)7-11(10)15-14(20)16(12)9-3-1-2-4-9/h5-7,9H,1-4H2,(H,15,20)(H,18,19). The Kier molecular flexibility index (Phi) is 2.93. The maximum atomic E-state index is 12.4. The molecule has 104 valence electrons. The number of aromatic carboxylic acids is 1. The number of hydrogen-bond donors (Lipinski definition) is 2. The second-order valence-corrected chi connectivity index (χ2v) is 5.11. The van der Waals surface area contributed by atoms with Crippen LogP contribution in [-0.4, -0.2) is 20.6 Å². The first-order valence-electron chi connectivity index (χ1n) is 6.60. The van der Waals surface area contributed by atoms with Gasteiger partial charge in [0.25, 0.3) is 5.56 Å². The van der Waals surface area contributed by atoms with Crippen molar-refractivity contribution in [2.45, 2.75) is 31.7 Å². The van der Waals surface area contributed by atoms with Gasteiger partial charge in [0.15, 0.2) is 0 Å². The first kappa shape index (κ1) is 12.7. The molecule has 1 aliphatic carbocycles. The number of nitrogens with one attached hydrogen (secondary N) is 1. The maximum absolute atomic E-state index is 12.4. The number of benzene rings is 1. The quantitative estimate of drug-likeness (QED) is 0.868. The maximum Gasteiger partial charge on any atom is 0.335 e. The molecule has 3 rings (SSSR count). The van der Waals surface area contributed by atoms with Gasteiger partial charge in [-0.3, -0.25) is 9.36 Å². The van der Waals surface area contributed by atoms with Gasteiger partial charge in [0, 0.05) is 6.04 Å². The Morgan fingerprint density at radius 1 is 1.25 bits per heavy atom. The third-order valence-corrected chi connectivity index (χ3v) is 3.87. The van der Waals surface area contributed by atoms with Gasteiger partial charge < -0.3 is 10.1 Å². The third kappa shape index (κ3) is 1.93. The van der Waals surface area contributed by atoms with E-state index in [0.717, 1.165) is 25.7 Å². The van der Waals surface area contributed by atoms with E-state index in [-0.39, 0.29) is 22.7 Å². The molecule has 2 N–H and O–H groups in total. The zero-order valence-corrected chi connectivity index (χ0v) is 10.8. The largest absolute Gasteiger partial charge is 0.478 e. The van der Waals surface area contributed by atoms with E-state index in [1.807, 2.05) is 0 Å². The zero-order valence-electron chi connectivity index (χ0n) is 10.8. The highest BCUT2D eigenvalue weighted by molar-refractivity contribution is 5.92. The molecule has 0 atom stereocenters. The molecule has 1 aliphatic rings. The highest BCUT2D eigenvalue weighted by Crippen LogP contribution is 2.27. The van der Waals surface area contributed by atoms with Crippen molar-refractivity contribution in [1.82, 2.24) is 9.55 Å². The molecule has 0 spiro atoms. The van der Waals surface area contributed by atoms with E-state index < -0.39 is 11.7 Å². The molecule has 1 fully saturated rings. The lowest BCUT2D eigenvalue weighted by Crippen LogP contribution is -2.37. The molecule has 1 heterocycles. The summed E-state index contributed by atoms with van der Waals surface area (Å²) in [5.74, 6) is -1.09. The molecule has 0 saturated heterocycles. The van der Waals surface area contributed by atoms with Gasteiger partial charge in [0.05, 0.1) is 16.5 Å². The number of fused-ring (bicyclic) bond motifs is 1. The van der Waals surface area contributed by atoms with Crippen LogP contribution in [0.2, 0.25) is 0 Å². The summed E-state index contributed by atoms with van der Waals surface area (Å²) < 4.78 is 1.27. The summed E-state index contributed by atoms with van der Waals surface area (Å²) in [6.07, 6.45) is 3.71. The first-order chi connectivity index (χ1) is 9.58. The van der Waals surface area contributed by atoms with Crippen molar-refractivity contribution >= 4 is 16.9 Å². The molecule has 2 aromatic rings. The van der Waals surface area contributed by atoms with E-state index in [4.69, 9.17) is 5.11 Å². The van der Waals surface area contributed by atoms with E-state index in [0.29, 0.717) is 5.39 Å². The molecule has 1 aromatic carbocycles. The minimum atomic E-state index is -1.09. The lowest BCUT2D eigenvalue weighted by atomic mass is 10.1. The van der Waals surface area contributed by atoms with Crippen LogP contribution >= 0.6 is 0 Å². The number of carbonyl (C=O) groups is 1. The Hall–Kier alpha value is -2.37. The normalized spacial score (nSPS) is 15.8. The average Bonchev–Trinajstić information content (AvgIpc) is 2.91. The van der Waals surface area contributed by atoms with Crippen LogP contribution in [0, 0.1) is 0 Å². The number of nitrogens with zero attached hydrogens (tertiary/aromatic N) is 1.